The van der Waals surface area contributed by atoms with Crippen LogP contribution >= 0.6 is 11.8 Å². The summed E-state index contributed by atoms with van der Waals surface area (Å²) in [5, 5.41) is 2.52. The maximum Gasteiger partial charge on any atom is 0.355 e. The van der Waals surface area contributed by atoms with Crippen molar-refractivity contribution >= 4 is 29.5 Å². The van der Waals surface area contributed by atoms with E-state index in [1.54, 1.807) is 31.0 Å². The van der Waals surface area contributed by atoms with E-state index in [4.69, 9.17) is 9.47 Å². The number of β-lactam (4-membered cyclic amide) rings is 1. The summed E-state index contributed by atoms with van der Waals surface area (Å²) < 4.78 is 10.8. The van der Waals surface area contributed by atoms with Gasteiger partial charge >= 0.3 is 5.97 Å². The van der Waals surface area contributed by atoms with Gasteiger partial charge in [0, 0.05) is 5.75 Å². The summed E-state index contributed by atoms with van der Waals surface area (Å²) in [7, 11) is 1.59. The van der Waals surface area contributed by atoms with Gasteiger partial charge in [-0.15, -0.1) is 11.8 Å². The first-order chi connectivity index (χ1) is 17.4. The molecular weight excluding hydrogens is 476 g/mol. The van der Waals surface area contributed by atoms with Crippen LogP contribution in [-0.2, 0) is 32.1 Å². The van der Waals surface area contributed by atoms with Gasteiger partial charge in [-0.2, -0.15) is 0 Å². The lowest BCUT2D eigenvalue weighted by atomic mass is 10.0. The van der Waals surface area contributed by atoms with E-state index >= 15 is 0 Å². The van der Waals surface area contributed by atoms with Crippen molar-refractivity contribution < 1.29 is 23.9 Å². The number of carbonyl (C=O) groups is 3. The first kappa shape index (κ1) is 25.6. The van der Waals surface area contributed by atoms with Gasteiger partial charge in [0.25, 0.3) is 5.91 Å². The summed E-state index contributed by atoms with van der Waals surface area (Å²) in [5.41, 5.74) is 3.96. The minimum absolute atomic E-state index is 0.0827. The standard InChI is InChI=1S/C28H30N2O5S/c1-18(2)9-12-21-17-36-27-24(29-23(31)15-19-7-5-4-6-8-19)26(32)30(27)25(21)28(33)35-16-20-10-13-22(34-3)14-11-20/h4-11,13-14,24,27H,12,15-17H2,1-3H3,(H,29,31)/t24-,27-/m1/s1. The molecule has 2 aromatic rings. The van der Waals surface area contributed by atoms with Crippen molar-refractivity contribution in [2.24, 2.45) is 0 Å². The molecule has 188 valence electrons. The van der Waals surface area contributed by atoms with Crippen molar-refractivity contribution in [2.45, 2.75) is 44.7 Å². The second-order valence-electron chi connectivity index (χ2n) is 8.98. The third-order valence-corrected chi connectivity index (χ3v) is 7.39. The molecule has 1 saturated heterocycles. The lowest BCUT2D eigenvalue weighted by Crippen LogP contribution is -2.70. The highest BCUT2D eigenvalue weighted by atomic mass is 32.2. The molecular formula is C28H30N2O5S. The topological polar surface area (TPSA) is 84.9 Å². The molecule has 36 heavy (non-hydrogen) atoms. The van der Waals surface area contributed by atoms with E-state index < -0.39 is 12.0 Å². The molecule has 1 fully saturated rings. The zero-order chi connectivity index (χ0) is 25.7. The minimum atomic E-state index is -0.666. The van der Waals surface area contributed by atoms with E-state index in [0.29, 0.717) is 17.9 Å². The molecule has 0 aromatic heterocycles. The average molecular weight is 507 g/mol. The lowest BCUT2D eigenvalue weighted by molar-refractivity contribution is -0.153. The van der Waals surface area contributed by atoms with Gasteiger partial charge in [0.1, 0.15) is 29.5 Å². The summed E-state index contributed by atoms with van der Waals surface area (Å²) >= 11 is 1.55. The first-order valence-corrected chi connectivity index (χ1v) is 12.9. The van der Waals surface area contributed by atoms with Crippen molar-refractivity contribution in [1.29, 1.82) is 0 Å². The van der Waals surface area contributed by atoms with Crippen LogP contribution in [0.1, 0.15) is 31.4 Å². The number of esters is 1. The molecule has 0 unspecified atom stereocenters. The summed E-state index contributed by atoms with van der Waals surface area (Å²) in [6, 6.07) is 16.0. The quantitative estimate of drug-likeness (QED) is 0.315. The van der Waals surface area contributed by atoms with Gasteiger partial charge in [0.05, 0.1) is 13.5 Å². The highest BCUT2D eigenvalue weighted by Gasteiger charge is 2.54. The number of hydrogen-bond acceptors (Lipinski definition) is 6. The number of benzene rings is 2. The van der Waals surface area contributed by atoms with E-state index in [2.05, 4.69) is 5.32 Å². The number of thioether (sulfide) groups is 1. The number of rotatable bonds is 9. The molecule has 2 aliphatic rings. The molecule has 0 radical (unpaired) electrons. The number of carbonyl (C=O) groups excluding carboxylic acids is 3. The normalized spacial score (nSPS) is 18.6. The van der Waals surface area contributed by atoms with Crippen molar-refractivity contribution in [1.82, 2.24) is 10.2 Å². The minimum Gasteiger partial charge on any atom is -0.497 e. The highest BCUT2D eigenvalue weighted by molar-refractivity contribution is 8.00. The molecule has 7 nitrogen and oxygen atoms in total. The number of ether oxygens (including phenoxy) is 2. The molecule has 0 aliphatic carbocycles. The van der Waals surface area contributed by atoms with E-state index in [9.17, 15) is 14.4 Å². The zero-order valence-electron chi connectivity index (χ0n) is 20.7. The Hall–Kier alpha value is -3.52. The smallest absolute Gasteiger partial charge is 0.355 e. The van der Waals surface area contributed by atoms with Crippen LogP contribution in [0, 0.1) is 0 Å². The summed E-state index contributed by atoms with van der Waals surface area (Å²) in [5.74, 6) is 0.254. The molecule has 2 aliphatic heterocycles. The molecule has 2 aromatic carbocycles. The largest absolute Gasteiger partial charge is 0.497 e. The van der Waals surface area contributed by atoms with Crippen molar-refractivity contribution in [3.8, 4) is 5.75 Å². The fourth-order valence-corrected chi connectivity index (χ4v) is 5.46. The van der Waals surface area contributed by atoms with Gasteiger partial charge in [-0.3, -0.25) is 14.5 Å². The predicted molar refractivity (Wildman–Crippen MR) is 139 cm³/mol. The molecule has 2 atom stereocenters. The predicted octanol–water partition coefficient (Wildman–Crippen LogP) is 3.99. The second-order valence-corrected chi connectivity index (χ2v) is 10.1. The van der Waals surface area contributed by atoms with Crippen LogP contribution < -0.4 is 10.1 Å². The van der Waals surface area contributed by atoms with Gasteiger partial charge in [-0.25, -0.2) is 4.79 Å². The van der Waals surface area contributed by atoms with Crippen LogP contribution in [0.5, 0.6) is 5.75 Å². The van der Waals surface area contributed by atoms with Gasteiger partial charge in [-0.05, 0) is 49.1 Å². The number of hydrogen-bond donors (Lipinski definition) is 1. The number of methoxy groups -OCH3 is 1. The maximum absolute atomic E-state index is 13.2. The molecule has 0 spiro atoms. The average Bonchev–Trinajstić information content (AvgIpc) is 2.89. The molecule has 2 amide bonds. The van der Waals surface area contributed by atoms with E-state index in [0.717, 1.165) is 28.0 Å². The molecule has 0 bridgehead atoms. The Labute approximate surface area is 215 Å². The van der Waals surface area contributed by atoms with Gasteiger partial charge in [-0.1, -0.05) is 54.1 Å². The summed E-state index contributed by atoms with van der Waals surface area (Å²) in [4.78, 5) is 40.5. The number of nitrogens with one attached hydrogen (secondary N) is 1. The van der Waals surface area contributed by atoms with Crippen molar-refractivity contribution in [3.63, 3.8) is 0 Å². The number of nitrogens with zero attached hydrogens (tertiary/aromatic N) is 1. The fraction of sp³-hybridized carbons (Fsp3) is 0.321. The van der Waals surface area contributed by atoms with E-state index in [1.807, 2.05) is 62.4 Å². The Morgan fingerprint density at radius 3 is 2.47 bits per heavy atom. The Balaban J connectivity index is 1.47. The molecule has 0 saturated carbocycles. The van der Waals surface area contributed by atoms with E-state index in [1.165, 1.54) is 4.90 Å². The Kier molecular flexibility index (Phi) is 8.15. The molecule has 4 rings (SSSR count). The van der Waals surface area contributed by atoms with Crippen LogP contribution in [0.25, 0.3) is 0 Å². The van der Waals surface area contributed by atoms with Crippen molar-refractivity contribution in [2.75, 3.05) is 12.9 Å². The molecule has 1 N–H and O–H groups in total. The Morgan fingerprint density at radius 1 is 1.08 bits per heavy atom. The Bertz CT molecular complexity index is 1190. The Morgan fingerprint density at radius 2 is 1.81 bits per heavy atom. The van der Waals surface area contributed by atoms with Crippen LogP contribution in [0.15, 0.2) is 77.5 Å². The fourth-order valence-electron chi connectivity index (χ4n) is 4.10. The third-order valence-electron chi connectivity index (χ3n) is 6.05. The third kappa shape index (κ3) is 5.82. The van der Waals surface area contributed by atoms with Crippen LogP contribution in [0.2, 0.25) is 0 Å². The van der Waals surface area contributed by atoms with E-state index in [-0.39, 0.29) is 30.2 Å². The van der Waals surface area contributed by atoms with Gasteiger partial charge in [0.2, 0.25) is 5.91 Å². The SMILES string of the molecule is COc1ccc(COC(=O)C2=C(CC=C(C)C)CS[C@@H]3[C@H](NC(=O)Cc4ccccc4)C(=O)N23)cc1. The van der Waals surface area contributed by atoms with Crippen LogP contribution in [-0.4, -0.2) is 47.0 Å². The van der Waals surface area contributed by atoms with Crippen LogP contribution in [0.4, 0.5) is 0 Å². The maximum atomic E-state index is 13.2. The summed E-state index contributed by atoms with van der Waals surface area (Å²) in [6.45, 7) is 4.07. The highest BCUT2D eigenvalue weighted by Crippen LogP contribution is 2.41. The molecule has 8 heteroatoms. The zero-order valence-corrected chi connectivity index (χ0v) is 21.5. The first-order valence-electron chi connectivity index (χ1n) is 11.8. The van der Waals surface area contributed by atoms with Crippen molar-refractivity contribution in [3.05, 3.63) is 88.6 Å². The lowest BCUT2D eigenvalue weighted by Gasteiger charge is -2.49. The van der Waals surface area contributed by atoms with Crippen LogP contribution in [0.3, 0.4) is 0 Å². The number of fused-ring (bicyclic) bond motifs is 1. The number of allylic oxidation sites excluding steroid dienone is 2. The summed E-state index contributed by atoms with van der Waals surface area (Å²) in [6.07, 6.45) is 2.79. The molecule has 2 heterocycles. The second kappa shape index (κ2) is 11.5. The monoisotopic (exact) mass is 506 g/mol. The number of amides is 2. The van der Waals surface area contributed by atoms with Gasteiger partial charge in [0.15, 0.2) is 0 Å². The van der Waals surface area contributed by atoms with Gasteiger partial charge < -0.3 is 14.8 Å².